The monoisotopic (exact) mass is 395 g/mol. The Morgan fingerprint density at radius 3 is 2.67 bits per heavy atom. The SMILES string of the molecule is O=C(O)c1cccc(C[C@@H]2CO[C@H](CP(=O)(O)CC3CCCCC3)CN2)c1. The lowest BCUT2D eigenvalue weighted by molar-refractivity contribution is 0.0162. The van der Waals surface area contributed by atoms with E-state index < -0.39 is 13.3 Å². The number of morpholine rings is 1. The summed E-state index contributed by atoms with van der Waals surface area (Å²) in [7, 11) is -3.16. The summed E-state index contributed by atoms with van der Waals surface area (Å²) in [6.45, 7) is 1.02. The van der Waals surface area contributed by atoms with Crippen LogP contribution in [0.25, 0.3) is 0 Å². The van der Waals surface area contributed by atoms with Crippen molar-refractivity contribution in [3.8, 4) is 0 Å². The van der Waals surface area contributed by atoms with E-state index in [2.05, 4.69) is 5.32 Å². The molecule has 27 heavy (non-hydrogen) atoms. The highest BCUT2D eigenvalue weighted by Crippen LogP contribution is 2.46. The molecule has 0 spiro atoms. The van der Waals surface area contributed by atoms with Crippen molar-refractivity contribution in [2.24, 2.45) is 5.92 Å². The van der Waals surface area contributed by atoms with Crippen molar-refractivity contribution in [1.29, 1.82) is 0 Å². The number of carbonyl (C=O) groups is 1. The summed E-state index contributed by atoms with van der Waals surface area (Å²) in [5.74, 6) is -0.540. The van der Waals surface area contributed by atoms with E-state index in [9.17, 15) is 14.3 Å². The molecule has 0 radical (unpaired) electrons. The summed E-state index contributed by atoms with van der Waals surface area (Å²) >= 11 is 0. The number of ether oxygens (including phenoxy) is 1. The van der Waals surface area contributed by atoms with Crippen LogP contribution in [0.4, 0.5) is 0 Å². The van der Waals surface area contributed by atoms with Gasteiger partial charge in [0.15, 0.2) is 0 Å². The molecule has 3 atom stereocenters. The summed E-state index contributed by atoms with van der Waals surface area (Å²) in [5, 5.41) is 12.5. The molecule has 0 aromatic heterocycles. The van der Waals surface area contributed by atoms with Crippen LogP contribution in [-0.2, 0) is 15.7 Å². The highest BCUT2D eigenvalue weighted by Gasteiger charge is 2.31. The predicted octanol–water partition coefficient (Wildman–Crippen LogP) is 3.14. The topological polar surface area (TPSA) is 95.9 Å². The fourth-order valence-corrected chi connectivity index (χ4v) is 6.39. The lowest BCUT2D eigenvalue weighted by atomic mass is 9.91. The molecular weight excluding hydrogens is 365 g/mol. The molecule has 1 aliphatic heterocycles. The Morgan fingerprint density at radius 1 is 1.22 bits per heavy atom. The van der Waals surface area contributed by atoms with Gasteiger partial charge in [-0.15, -0.1) is 0 Å². The van der Waals surface area contributed by atoms with Crippen molar-refractivity contribution in [2.75, 3.05) is 25.5 Å². The number of hydrogen-bond acceptors (Lipinski definition) is 4. The van der Waals surface area contributed by atoms with Crippen LogP contribution in [0, 0.1) is 5.92 Å². The molecular formula is C20H30NO5P. The number of hydrogen-bond donors (Lipinski definition) is 3. The van der Waals surface area contributed by atoms with Gasteiger partial charge in [-0.25, -0.2) is 4.79 Å². The van der Waals surface area contributed by atoms with Crippen molar-refractivity contribution in [1.82, 2.24) is 5.32 Å². The molecule has 2 aliphatic rings. The van der Waals surface area contributed by atoms with Gasteiger partial charge in [0.25, 0.3) is 0 Å². The van der Waals surface area contributed by atoms with Crippen LogP contribution >= 0.6 is 7.37 Å². The van der Waals surface area contributed by atoms with Crippen LogP contribution in [0.5, 0.6) is 0 Å². The summed E-state index contributed by atoms with van der Waals surface area (Å²) in [4.78, 5) is 21.5. The van der Waals surface area contributed by atoms with Crippen LogP contribution < -0.4 is 5.32 Å². The molecule has 2 fully saturated rings. The normalized spacial score (nSPS) is 26.4. The molecule has 1 saturated carbocycles. The van der Waals surface area contributed by atoms with Crippen LogP contribution in [0.1, 0.15) is 48.0 Å². The second-order valence-electron chi connectivity index (χ2n) is 7.99. The molecule has 3 rings (SSSR count). The summed E-state index contributed by atoms with van der Waals surface area (Å²) in [5.41, 5.74) is 1.23. The molecule has 1 heterocycles. The van der Waals surface area contributed by atoms with E-state index in [0.717, 1.165) is 18.4 Å². The molecule has 1 unspecified atom stereocenters. The number of aromatic carboxylic acids is 1. The standard InChI is InChI=1S/C20H30NO5P/c22-20(23)17-8-4-7-16(9-17)10-18-12-26-19(11-21-18)14-27(24,25)13-15-5-2-1-3-6-15/h4,7-9,15,18-19,21H,1-3,5-6,10-14H2,(H,22,23)(H,24,25)/t18-,19+/m1/s1. The van der Waals surface area contributed by atoms with Crippen molar-refractivity contribution < 1.29 is 24.1 Å². The molecule has 0 amide bonds. The third-order valence-corrected chi connectivity index (χ3v) is 7.65. The fraction of sp³-hybridized carbons (Fsp3) is 0.650. The van der Waals surface area contributed by atoms with E-state index in [0.29, 0.717) is 31.7 Å². The summed E-state index contributed by atoms with van der Waals surface area (Å²) in [6.07, 6.45) is 6.85. The summed E-state index contributed by atoms with van der Waals surface area (Å²) in [6, 6.07) is 7.01. The first kappa shape index (κ1) is 20.5. The molecule has 7 heteroatoms. The average Bonchev–Trinajstić information content (AvgIpc) is 2.64. The third-order valence-electron chi connectivity index (χ3n) is 5.58. The first-order chi connectivity index (χ1) is 12.9. The smallest absolute Gasteiger partial charge is 0.335 e. The van der Waals surface area contributed by atoms with Gasteiger partial charge in [-0.1, -0.05) is 31.4 Å². The summed E-state index contributed by atoms with van der Waals surface area (Å²) < 4.78 is 18.5. The largest absolute Gasteiger partial charge is 0.478 e. The minimum Gasteiger partial charge on any atom is -0.478 e. The van der Waals surface area contributed by atoms with Gasteiger partial charge in [0.2, 0.25) is 7.37 Å². The molecule has 150 valence electrons. The van der Waals surface area contributed by atoms with Crippen LogP contribution in [-0.4, -0.2) is 53.6 Å². The maximum atomic E-state index is 12.6. The zero-order valence-electron chi connectivity index (χ0n) is 15.7. The zero-order valence-corrected chi connectivity index (χ0v) is 16.6. The van der Waals surface area contributed by atoms with E-state index in [1.54, 1.807) is 18.2 Å². The van der Waals surface area contributed by atoms with E-state index in [1.165, 1.54) is 19.3 Å². The first-order valence-electron chi connectivity index (χ1n) is 9.89. The van der Waals surface area contributed by atoms with Gasteiger partial charge in [-0.2, -0.15) is 0 Å². The van der Waals surface area contributed by atoms with Crippen LogP contribution in [0.15, 0.2) is 24.3 Å². The van der Waals surface area contributed by atoms with Crippen LogP contribution in [0.2, 0.25) is 0 Å². The Bertz CT molecular complexity index is 681. The van der Waals surface area contributed by atoms with Crippen molar-refractivity contribution in [3.63, 3.8) is 0 Å². The highest BCUT2D eigenvalue weighted by molar-refractivity contribution is 7.58. The molecule has 0 bridgehead atoms. The lowest BCUT2D eigenvalue weighted by Crippen LogP contribution is -2.48. The molecule has 1 aromatic carbocycles. The molecule has 3 N–H and O–H groups in total. The van der Waals surface area contributed by atoms with Gasteiger partial charge in [-0.3, -0.25) is 4.57 Å². The Hall–Kier alpha value is -1.20. The van der Waals surface area contributed by atoms with Crippen molar-refractivity contribution in [3.05, 3.63) is 35.4 Å². The second-order valence-corrected chi connectivity index (χ2v) is 10.4. The minimum atomic E-state index is -3.16. The second kappa shape index (κ2) is 9.33. The Morgan fingerprint density at radius 2 is 2.00 bits per heavy atom. The van der Waals surface area contributed by atoms with E-state index >= 15 is 0 Å². The predicted molar refractivity (Wildman–Crippen MR) is 105 cm³/mol. The number of nitrogens with one attached hydrogen (secondary N) is 1. The average molecular weight is 395 g/mol. The van der Waals surface area contributed by atoms with Crippen LogP contribution in [0.3, 0.4) is 0 Å². The fourth-order valence-electron chi connectivity index (χ4n) is 4.20. The van der Waals surface area contributed by atoms with E-state index in [1.807, 2.05) is 6.07 Å². The van der Waals surface area contributed by atoms with Gasteiger partial charge in [0, 0.05) is 18.7 Å². The van der Waals surface area contributed by atoms with E-state index in [4.69, 9.17) is 9.84 Å². The Labute approximate surface area is 160 Å². The number of carboxylic acids is 1. The molecule has 1 aliphatic carbocycles. The Balaban J connectivity index is 1.45. The van der Waals surface area contributed by atoms with Crippen molar-refractivity contribution >= 4 is 13.3 Å². The van der Waals surface area contributed by atoms with Gasteiger partial charge in [-0.05, 0) is 42.9 Å². The maximum absolute atomic E-state index is 12.6. The number of benzene rings is 1. The third kappa shape index (κ3) is 6.42. The molecule has 1 saturated heterocycles. The number of rotatable bonds is 7. The van der Waals surface area contributed by atoms with Gasteiger partial charge in [0.1, 0.15) is 0 Å². The van der Waals surface area contributed by atoms with Gasteiger partial charge in [0.05, 0.1) is 24.4 Å². The Kier molecular flexibility index (Phi) is 7.10. The first-order valence-corrected chi connectivity index (χ1v) is 11.9. The van der Waals surface area contributed by atoms with Crippen molar-refractivity contribution in [2.45, 2.75) is 50.7 Å². The highest BCUT2D eigenvalue weighted by atomic mass is 31.2. The van der Waals surface area contributed by atoms with Gasteiger partial charge >= 0.3 is 5.97 Å². The molecule has 6 nitrogen and oxygen atoms in total. The zero-order chi connectivity index (χ0) is 19.3. The maximum Gasteiger partial charge on any atom is 0.335 e. The lowest BCUT2D eigenvalue weighted by Gasteiger charge is -2.32. The minimum absolute atomic E-state index is 0.0849. The quantitative estimate of drug-likeness (QED) is 0.614. The van der Waals surface area contributed by atoms with Gasteiger partial charge < -0.3 is 20.1 Å². The van der Waals surface area contributed by atoms with E-state index in [-0.39, 0.29) is 23.9 Å². The number of carboxylic acid groups (broad SMARTS) is 1. The molecule has 1 aromatic rings.